The average molecular weight is 328 g/mol. The first kappa shape index (κ1) is 15.6. The number of nitrogens with one attached hydrogen (secondary N) is 1. The number of thioether (sulfide) groups is 1. The predicted molar refractivity (Wildman–Crippen MR) is 92.5 cm³/mol. The van der Waals surface area contributed by atoms with Gasteiger partial charge in [0, 0.05) is 17.0 Å². The SMILES string of the molecule is O=C(CSCCO)Nc1cccc(-c2nc3ccccc3o2)c1. The molecule has 2 aromatic carbocycles. The number of nitrogens with zero attached hydrogens (tertiary/aromatic N) is 1. The summed E-state index contributed by atoms with van der Waals surface area (Å²) in [7, 11) is 0. The molecule has 0 fully saturated rings. The van der Waals surface area contributed by atoms with Gasteiger partial charge >= 0.3 is 0 Å². The number of rotatable bonds is 6. The molecule has 0 spiro atoms. The van der Waals surface area contributed by atoms with Crippen molar-refractivity contribution in [3.8, 4) is 11.5 Å². The fraction of sp³-hybridized carbons (Fsp3) is 0.176. The number of para-hydroxylation sites is 2. The van der Waals surface area contributed by atoms with E-state index in [1.54, 1.807) is 0 Å². The first-order valence-corrected chi connectivity index (χ1v) is 8.36. The largest absolute Gasteiger partial charge is 0.436 e. The zero-order chi connectivity index (χ0) is 16.1. The number of oxazole rings is 1. The molecule has 1 amide bonds. The number of fused-ring (bicyclic) bond motifs is 1. The van der Waals surface area contributed by atoms with Crippen molar-refractivity contribution in [2.75, 3.05) is 23.4 Å². The highest BCUT2D eigenvalue weighted by Crippen LogP contribution is 2.26. The van der Waals surface area contributed by atoms with Crippen molar-refractivity contribution in [1.82, 2.24) is 4.98 Å². The Morgan fingerprint density at radius 3 is 2.91 bits per heavy atom. The summed E-state index contributed by atoms with van der Waals surface area (Å²) in [6.45, 7) is 0.0746. The zero-order valence-corrected chi connectivity index (χ0v) is 13.2. The molecule has 1 aromatic heterocycles. The molecule has 3 rings (SSSR count). The summed E-state index contributed by atoms with van der Waals surface area (Å²) in [5, 5.41) is 11.6. The molecule has 0 aliphatic heterocycles. The van der Waals surface area contributed by atoms with Crippen molar-refractivity contribution in [2.45, 2.75) is 0 Å². The summed E-state index contributed by atoms with van der Waals surface area (Å²) in [6, 6.07) is 15.0. The summed E-state index contributed by atoms with van der Waals surface area (Å²) in [5.41, 5.74) is 3.04. The molecule has 6 heteroatoms. The molecule has 23 heavy (non-hydrogen) atoms. The second-order valence-corrected chi connectivity index (χ2v) is 6.00. The van der Waals surface area contributed by atoms with Gasteiger partial charge in [0.2, 0.25) is 11.8 Å². The molecule has 1 heterocycles. The van der Waals surface area contributed by atoms with E-state index < -0.39 is 0 Å². The highest BCUT2D eigenvalue weighted by molar-refractivity contribution is 7.99. The molecule has 0 unspecified atom stereocenters. The molecule has 5 nitrogen and oxygen atoms in total. The Morgan fingerprint density at radius 1 is 1.22 bits per heavy atom. The van der Waals surface area contributed by atoms with E-state index in [0.29, 0.717) is 23.1 Å². The molecular weight excluding hydrogens is 312 g/mol. The predicted octanol–water partition coefficient (Wildman–Crippen LogP) is 3.16. The Hall–Kier alpha value is -2.31. The molecule has 2 N–H and O–H groups in total. The van der Waals surface area contributed by atoms with Gasteiger partial charge < -0.3 is 14.8 Å². The number of carbonyl (C=O) groups excluding carboxylic acids is 1. The molecule has 118 valence electrons. The Labute approximate surface area is 137 Å². The van der Waals surface area contributed by atoms with Gasteiger partial charge in [-0.2, -0.15) is 0 Å². The van der Waals surface area contributed by atoms with Gasteiger partial charge in [-0.15, -0.1) is 11.8 Å². The maximum Gasteiger partial charge on any atom is 0.234 e. The summed E-state index contributed by atoms with van der Waals surface area (Å²) in [6.07, 6.45) is 0. The van der Waals surface area contributed by atoms with Crippen LogP contribution in [-0.2, 0) is 4.79 Å². The first-order chi connectivity index (χ1) is 11.3. The van der Waals surface area contributed by atoms with E-state index in [0.717, 1.165) is 16.7 Å². The minimum Gasteiger partial charge on any atom is -0.436 e. The van der Waals surface area contributed by atoms with Gasteiger partial charge in [-0.05, 0) is 30.3 Å². The minimum atomic E-state index is -0.0989. The molecule has 0 atom stereocenters. The Morgan fingerprint density at radius 2 is 2.09 bits per heavy atom. The van der Waals surface area contributed by atoms with Crippen molar-refractivity contribution >= 4 is 34.5 Å². The highest BCUT2D eigenvalue weighted by atomic mass is 32.2. The van der Waals surface area contributed by atoms with Crippen LogP contribution in [-0.4, -0.2) is 34.1 Å². The van der Waals surface area contributed by atoms with Gasteiger partial charge in [0.15, 0.2) is 5.58 Å². The van der Waals surface area contributed by atoms with Crippen molar-refractivity contribution in [3.63, 3.8) is 0 Å². The highest BCUT2D eigenvalue weighted by Gasteiger charge is 2.09. The van der Waals surface area contributed by atoms with Crippen molar-refractivity contribution in [2.24, 2.45) is 0 Å². The number of hydrogen-bond acceptors (Lipinski definition) is 5. The molecule has 0 saturated carbocycles. The third kappa shape index (κ3) is 3.91. The number of amides is 1. The molecule has 3 aromatic rings. The van der Waals surface area contributed by atoms with Crippen molar-refractivity contribution < 1.29 is 14.3 Å². The lowest BCUT2D eigenvalue weighted by Gasteiger charge is -2.05. The van der Waals surface area contributed by atoms with E-state index in [-0.39, 0.29) is 12.5 Å². The van der Waals surface area contributed by atoms with Crippen molar-refractivity contribution in [3.05, 3.63) is 48.5 Å². The normalized spacial score (nSPS) is 10.8. The molecule has 0 saturated heterocycles. The van der Waals surface area contributed by atoms with Crippen LogP contribution in [0.3, 0.4) is 0 Å². The van der Waals surface area contributed by atoms with Gasteiger partial charge in [-0.1, -0.05) is 18.2 Å². The zero-order valence-electron chi connectivity index (χ0n) is 12.4. The number of benzene rings is 2. The van der Waals surface area contributed by atoms with Crippen LogP contribution in [0.4, 0.5) is 5.69 Å². The van der Waals surface area contributed by atoms with E-state index in [9.17, 15) is 4.79 Å². The lowest BCUT2D eigenvalue weighted by Crippen LogP contribution is -2.14. The average Bonchev–Trinajstić information content (AvgIpc) is 2.99. The van der Waals surface area contributed by atoms with Gasteiger partial charge in [0.05, 0.1) is 12.4 Å². The molecule has 0 radical (unpaired) electrons. The lowest BCUT2D eigenvalue weighted by molar-refractivity contribution is -0.113. The Bertz CT molecular complexity index is 783. The molecule has 0 aliphatic carbocycles. The quantitative estimate of drug-likeness (QED) is 0.680. The molecular formula is C17H16N2O3S. The third-order valence-corrected chi connectivity index (χ3v) is 4.09. The number of aliphatic hydroxyl groups excluding tert-OH is 1. The minimum absolute atomic E-state index is 0.0746. The van der Waals surface area contributed by atoms with E-state index in [1.165, 1.54) is 11.8 Å². The van der Waals surface area contributed by atoms with Crippen LogP contribution >= 0.6 is 11.8 Å². The van der Waals surface area contributed by atoms with Crippen LogP contribution in [0.2, 0.25) is 0 Å². The van der Waals surface area contributed by atoms with Gasteiger partial charge in [-0.25, -0.2) is 4.98 Å². The van der Waals surface area contributed by atoms with Crippen LogP contribution in [0.15, 0.2) is 52.9 Å². The van der Waals surface area contributed by atoms with Crippen LogP contribution < -0.4 is 5.32 Å². The maximum atomic E-state index is 11.8. The summed E-state index contributed by atoms with van der Waals surface area (Å²) >= 11 is 1.39. The Kier molecular flexibility index (Phi) is 4.95. The summed E-state index contributed by atoms with van der Waals surface area (Å²) < 4.78 is 5.74. The summed E-state index contributed by atoms with van der Waals surface area (Å²) in [5.74, 6) is 1.29. The Balaban J connectivity index is 1.75. The van der Waals surface area contributed by atoms with Crippen LogP contribution in [0, 0.1) is 0 Å². The van der Waals surface area contributed by atoms with Crippen LogP contribution in [0.1, 0.15) is 0 Å². The smallest absolute Gasteiger partial charge is 0.234 e. The number of aromatic nitrogens is 1. The third-order valence-electron chi connectivity index (χ3n) is 3.16. The maximum absolute atomic E-state index is 11.8. The number of aliphatic hydroxyl groups is 1. The fourth-order valence-corrected chi connectivity index (χ4v) is 2.68. The van der Waals surface area contributed by atoms with E-state index in [1.807, 2.05) is 48.5 Å². The summed E-state index contributed by atoms with van der Waals surface area (Å²) in [4.78, 5) is 16.3. The molecule has 0 bridgehead atoms. The second-order valence-electron chi connectivity index (χ2n) is 4.89. The topological polar surface area (TPSA) is 75.4 Å². The van der Waals surface area contributed by atoms with E-state index in [4.69, 9.17) is 9.52 Å². The number of anilines is 1. The monoisotopic (exact) mass is 328 g/mol. The van der Waals surface area contributed by atoms with Crippen LogP contribution in [0.25, 0.3) is 22.6 Å². The number of carbonyl (C=O) groups is 1. The van der Waals surface area contributed by atoms with E-state index in [2.05, 4.69) is 10.3 Å². The first-order valence-electron chi connectivity index (χ1n) is 7.21. The van der Waals surface area contributed by atoms with Gasteiger partial charge in [-0.3, -0.25) is 4.79 Å². The van der Waals surface area contributed by atoms with Gasteiger partial charge in [0.1, 0.15) is 5.52 Å². The van der Waals surface area contributed by atoms with E-state index >= 15 is 0 Å². The second kappa shape index (κ2) is 7.30. The standard InChI is InChI=1S/C17H16N2O3S/c20-8-9-23-11-16(21)18-13-5-3-4-12(10-13)17-19-14-6-1-2-7-15(14)22-17/h1-7,10,20H,8-9,11H2,(H,18,21). The van der Waals surface area contributed by atoms with Gasteiger partial charge in [0.25, 0.3) is 0 Å². The van der Waals surface area contributed by atoms with Crippen molar-refractivity contribution in [1.29, 1.82) is 0 Å². The number of hydrogen-bond donors (Lipinski definition) is 2. The lowest BCUT2D eigenvalue weighted by atomic mass is 10.2. The molecule has 0 aliphatic rings. The van der Waals surface area contributed by atoms with Crippen LogP contribution in [0.5, 0.6) is 0 Å². The fourth-order valence-electron chi connectivity index (χ4n) is 2.15.